The van der Waals surface area contributed by atoms with Gasteiger partial charge in [-0.15, -0.1) is 0 Å². The van der Waals surface area contributed by atoms with Crippen LogP contribution in [0.4, 0.5) is 22.0 Å². The third-order valence-electron chi connectivity index (χ3n) is 2.22. The third kappa shape index (κ3) is 1.77. The molecular formula is C12H4F5. The van der Waals surface area contributed by atoms with Crippen LogP contribution < -0.4 is 0 Å². The molecule has 1 radical (unpaired) electrons. The Morgan fingerprint density at radius 2 is 1.06 bits per heavy atom. The molecule has 17 heavy (non-hydrogen) atoms. The molecule has 0 saturated carbocycles. The molecule has 0 bridgehead atoms. The average Bonchev–Trinajstić information content (AvgIpc) is 2.36. The summed E-state index contributed by atoms with van der Waals surface area (Å²) in [6.07, 6.45) is 0. The van der Waals surface area contributed by atoms with Gasteiger partial charge in [-0.1, -0.05) is 24.3 Å². The van der Waals surface area contributed by atoms with Crippen LogP contribution in [0, 0.1) is 35.2 Å². The first-order valence-electron chi connectivity index (χ1n) is 4.52. The van der Waals surface area contributed by atoms with Crippen molar-refractivity contribution in [2.75, 3.05) is 0 Å². The highest BCUT2D eigenvalue weighted by Gasteiger charge is 2.26. The van der Waals surface area contributed by atoms with E-state index in [2.05, 4.69) is 6.07 Å². The van der Waals surface area contributed by atoms with E-state index in [1.54, 1.807) is 0 Å². The molecule has 0 aliphatic rings. The van der Waals surface area contributed by atoms with Gasteiger partial charge in [0.15, 0.2) is 23.3 Å². The molecular weight excluding hydrogens is 239 g/mol. The highest BCUT2D eigenvalue weighted by molar-refractivity contribution is 5.65. The molecule has 0 nitrogen and oxygen atoms in total. The van der Waals surface area contributed by atoms with E-state index in [-0.39, 0.29) is 5.56 Å². The molecule has 0 fully saturated rings. The number of benzene rings is 2. The SMILES string of the molecule is Fc1c(F)c(F)c(-c2cc[c]cc2)c(F)c1F. The van der Waals surface area contributed by atoms with E-state index < -0.39 is 34.6 Å². The van der Waals surface area contributed by atoms with E-state index in [4.69, 9.17) is 0 Å². The van der Waals surface area contributed by atoms with Crippen LogP contribution in [0.25, 0.3) is 11.1 Å². The van der Waals surface area contributed by atoms with Gasteiger partial charge in [-0.25, -0.2) is 22.0 Å². The first kappa shape index (κ1) is 11.6. The molecule has 0 aromatic heterocycles. The largest absolute Gasteiger partial charge is 0.203 e. The Bertz CT molecular complexity index is 534. The normalized spacial score (nSPS) is 10.6. The minimum absolute atomic E-state index is 0.100. The number of hydrogen-bond acceptors (Lipinski definition) is 0. The number of halogens is 5. The summed E-state index contributed by atoms with van der Waals surface area (Å²) >= 11 is 0. The van der Waals surface area contributed by atoms with Gasteiger partial charge in [-0.3, -0.25) is 0 Å². The second-order valence-corrected chi connectivity index (χ2v) is 3.23. The monoisotopic (exact) mass is 243 g/mol. The van der Waals surface area contributed by atoms with E-state index >= 15 is 0 Å². The fourth-order valence-electron chi connectivity index (χ4n) is 1.41. The molecule has 2 aromatic rings. The van der Waals surface area contributed by atoms with E-state index in [9.17, 15) is 22.0 Å². The highest BCUT2D eigenvalue weighted by atomic mass is 19.2. The number of rotatable bonds is 1. The van der Waals surface area contributed by atoms with Crippen LogP contribution in [-0.2, 0) is 0 Å². The van der Waals surface area contributed by atoms with Crippen LogP contribution >= 0.6 is 0 Å². The number of hydrogen-bond donors (Lipinski definition) is 0. The Morgan fingerprint density at radius 1 is 0.647 bits per heavy atom. The first-order chi connectivity index (χ1) is 8.04. The average molecular weight is 243 g/mol. The molecule has 0 N–H and O–H groups in total. The van der Waals surface area contributed by atoms with Gasteiger partial charge < -0.3 is 0 Å². The van der Waals surface area contributed by atoms with E-state index in [0.29, 0.717) is 0 Å². The summed E-state index contributed by atoms with van der Waals surface area (Å²) in [5.41, 5.74) is -1.04. The Balaban J connectivity index is 2.80. The Hall–Kier alpha value is -1.91. The summed E-state index contributed by atoms with van der Waals surface area (Å²) in [6, 6.07) is 7.61. The molecule has 0 saturated heterocycles. The third-order valence-corrected chi connectivity index (χ3v) is 2.22. The van der Waals surface area contributed by atoms with Crippen LogP contribution in [0.3, 0.4) is 0 Å². The standard InChI is InChI=1S/C12H4F5/c13-8-7(6-4-2-1-3-5-6)9(14)11(16)12(17)10(8)15/h2-5H. The van der Waals surface area contributed by atoms with Crippen molar-refractivity contribution in [1.82, 2.24) is 0 Å². The van der Waals surface area contributed by atoms with Crippen LogP contribution in [-0.4, -0.2) is 0 Å². The maximum absolute atomic E-state index is 13.4. The zero-order valence-corrected chi connectivity index (χ0v) is 8.20. The fourth-order valence-corrected chi connectivity index (χ4v) is 1.41. The molecule has 0 heterocycles. The lowest BCUT2D eigenvalue weighted by atomic mass is 10.0. The summed E-state index contributed by atoms with van der Waals surface area (Å²) in [4.78, 5) is 0. The zero-order chi connectivity index (χ0) is 12.6. The predicted molar refractivity (Wildman–Crippen MR) is 50.5 cm³/mol. The lowest BCUT2D eigenvalue weighted by molar-refractivity contribution is 0.381. The van der Waals surface area contributed by atoms with Gasteiger partial charge in [0.1, 0.15) is 0 Å². The van der Waals surface area contributed by atoms with Crippen molar-refractivity contribution in [3.63, 3.8) is 0 Å². The highest BCUT2D eigenvalue weighted by Crippen LogP contribution is 2.30. The summed E-state index contributed by atoms with van der Waals surface area (Å²) in [7, 11) is 0. The van der Waals surface area contributed by atoms with E-state index in [1.165, 1.54) is 24.3 Å². The molecule has 2 rings (SSSR count). The zero-order valence-electron chi connectivity index (χ0n) is 8.20. The second-order valence-electron chi connectivity index (χ2n) is 3.23. The minimum Gasteiger partial charge on any atom is -0.203 e. The van der Waals surface area contributed by atoms with Gasteiger partial charge in [0.05, 0.1) is 5.56 Å². The summed E-state index contributed by atoms with van der Waals surface area (Å²) < 4.78 is 65.3. The molecule has 0 spiro atoms. The lowest BCUT2D eigenvalue weighted by Gasteiger charge is -2.07. The molecule has 0 amide bonds. The van der Waals surface area contributed by atoms with Crippen molar-refractivity contribution >= 4 is 0 Å². The molecule has 5 heteroatoms. The molecule has 0 atom stereocenters. The summed E-state index contributed by atoms with van der Waals surface area (Å²) in [5, 5.41) is 0. The smallest absolute Gasteiger partial charge is 0.200 e. The lowest BCUT2D eigenvalue weighted by Crippen LogP contribution is -2.03. The minimum atomic E-state index is -2.16. The van der Waals surface area contributed by atoms with Crippen molar-refractivity contribution in [2.24, 2.45) is 0 Å². The molecule has 0 aliphatic heterocycles. The van der Waals surface area contributed by atoms with Crippen LogP contribution in [0.15, 0.2) is 24.3 Å². The summed E-state index contributed by atoms with van der Waals surface area (Å²) in [6.45, 7) is 0. The van der Waals surface area contributed by atoms with E-state index in [0.717, 1.165) is 0 Å². The van der Waals surface area contributed by atoms with Crippen molar-refractivity contribution in [2.45, 2.75) is 0 Å². The van der Waals surface area contributed by atoms with Crippen molar-refractivity contribution < 1.29 is 22.0 Å². The predicted octanol–water partition coefficient (Wildman–Crippen LogP) is 3.85. The molecule has 2 aromatic carbocycles. The molecule has 0 unspecified atom stereocenters. The Morgan fingerprint density at radius 3 is 1.53 bits per heavy atom. The Labute approximate surface area is 93.3 Å². The van der Waals surface area contributed by atoms with Crippen LogP contribution in [0.1, 0.15) is 0 Å². The van der Waals surface area contributed by atoms with Crippen LogP contribution in [0.2, 0.25) is 0 Å². The van der Waals surface area contributed by atoms with Crippen LogP contribution in [0.5, 0.6) is 0 Å². The van der Waals surface area contributed by atoms with Crippen molar-refractivity contribution in [3.05, 3.63) is 59.4 Å². The van der Waals surface area contributed by atoms with E-state index in [1.807, 2.05) is 0 Å². The molecule has 87 valence electrons. The van der Waals surface area contributed by atoms with Gasteiger partial charge >= 0.3 is 0 Å². The molecule has 0 aliphatic carbocycles. The topological polar surface area (TPSA) is 0 Å². The van der Waals surface area contributed by atoms with Gasteiger partial charge in [0.2, 0.25) is 5.82 Å². The fraction of sp³-hybridized carbons (Fsp3) is 0. The maximum atomic E-state index is 13.4. The Kier molecular flexibility index (Phi) is 2.83. The van der Waals surface area contributed by atoms with Crippen molar-refractivity contribution in [1.29, 1.82) is 0 Å². The van der Waals surface area contributed by atoms with Gasteiger partial charge in [-0.2, -0.15) is 0 Å². The maximum Gasteiger partial charge on any atom is 0.200 e. The van der Waals surface area contributed by atoms with Gasteiger partial charge in [0.25, 0.3) is 0 Å². The first-order valence-corrected chi connectivity index (χ1v) is 4.52. The van der Waals surface area contributed by atoms with Gasteiger partial charge in [-0.05, 0) is 11.6 Å². The second kappa shape index (κ2) is 4.16. The quantitative estimate of drug-likeness (QED) is 0.405. The van der Waals surface area contributed by atoms with Crippen molar-refractivity contribution in [3.8, 4) is 11.1 Å². The summed E-state index contributed by atoms with van der Waals surface area (Å²) in [5.74, 6) is -9.75. The van der Waals surface area contributed by atoms with Gasteiger partial charge in [0, 0.05) is 0 Å².